The number of rotatable bonds is 1. The van der Waals surface area contributed by atoms with E-state index in [-0.39, 0.29) is 5.91 Å². The van der Waals surface area contributed by atoms with Crippen molar-refractivity contribution in [2.45, 2.75) is 19.3 Å². The van der Waals surface area contributed by atoms with Gasteiger partial charge >= 0.3 is 0 Å². The number of nitriles is 1. The smallest absolute Gasteiger partial charge is 0.241 e. The Morgan fingerprint density at radius 2 is 2.21 bits per heavy atom. The first-order chi connectivity index (χ1) is 9.19. The molecule has 0 spiro atoms. The highest BCUT2D eigenvalue weighted by molar-refractivity contribution is 5.82. The van der Waals surface area contributed by atoms with E-state index in [0.29, 0.717) is 24.5 Å². The number of amides is 1. The summed E-state index contributed by atoms with van der Waals surface area (Å²) in [4.78, 5) is 20.1. The number of aromatic nitrogens is 1. The molecule has 98 valence electrons. The second-order valence-corrected chi connectivity index (χ2v) is 5.17. The fraction of sp³-hybridized carbons (Fsp3) is 0.500. The molecular formula is C14H16N4O. The Hall–Kier alpha value is -2.09. The maximum atomic E-state index is 11.8. The van der Waals surface area contributed by atoms with Gasteiger partial charge in [-0.2, -0.15) is 5.26 Å². The molecule has 1 aliphatic carbocycles. The molecule has 2 aliphatic rings. The van der Waals surface area contributed by atoms with Gasteiger partial charge in [-0.05, 0) is 30.9 Å². The van der Waals surface area contributed by atoms with E-state index in [9.17, 15) is 10.1 Å². The minimum atomic E-state index is 0.0810. The third-order valence-electron chi connectivity index (χ3n) is 3.91. The average molecular weight is 256 g/mol. The highest BCUT2D eigenvalue weighted by Gasteiger charge is 2.25. The largest absolute Gasteiger partial charge is 0.344 e. The zero-order chi connectivity index (χ0) is 13.4. The van der Waals surface area contributed by atoms with Gasteiger partial charge in [-0.1, -0.05) is 0 Å². The zero-order valence-electron chi connectivity index (χ0n) is 11.0. The molecule has 1 aliphatic heterocycles. The third kappa shape index (κ3) is 2.03. The number of piperazine rings is 1. The SMILES string of the molecule is CN1CCN(c2nc3c(cc2C#N)CCC3)CC1=O. The Balaban J connectivity index is 1.96. The van der Waals surface area contributed by atoms with Crippen molar-refractivity contribution in [1.29, 1.82) is 5.26 Å². The van der Waals surface area contributed by atoms with Gasteiger partial charge in [0, 0.05) is 25.8 Å². The van der Waals surface area contributed by atoms with Crippen LogP contribution in [-0.2, 0) is 17.6 Å². The first kappa shape index (κ1) is 12.0. The monoisotopic (exact) mass is 256 g/mol. The number of fused-ring (bicyclic) bond motifs is 1. The summed E-state index contributed by atoms with van der Waals surface area (Å²) >= 11 is 0. The van der Waals surface area contributed by atoms with Gasteiger partial charge in [-0.3, -0.25) is 4.79 Å². The zero-order valence-corrected chi connectivity index (χ0v) is 11.0. The van der Waals surface area contributed by atoms with Crippen molar-refractivity contribution in [2.75, 3.05) is 31.6 Å². The van der Waals surface area contributed by atoms with Crippen molar-refractivity contribution in [3.63, 3.8) is 0 Å². The molecule has 0 unspecified atom stereocenters. The molecule has 0 N–H and O–H groups in total. The van der Waals surface area contributed by atoms with Crippen LogP contribution in [0, 0.1) is 11.3 Å². The fourth-order valence-corrected chi connectivity index (χ4v) is 2.72. The van der Waals surface area contributed by atoms with Crippen molar-refractivity contribution < 1.29 is 4.79 Å². The molecule has 19 heavy (non-hydrogen) atoms. The number of likely N-dealkylation sites (N-methyl/N-ethyl adjacent to an activating group) is 1. The second-order valence-electron chi connectivity index (χ2n) is 5.17. The second kappa shape index (κ2) is 4.54. The normalized spacial score (nSPS) is 18.4. The molecule has 0 aromatic carbocycles. The van der Waals surface area contributed by atoms with Crippen LogP contribution in [0.5, 0.6) is 0 Å². The summed E-state index contributed by atoms with van der Waals surface area (Å²) < 4.78 is 0. The number of anilines is 1. The summed E-state index contributed by atoms with van der Waals surface area (Å²) in [6.07, 6.45) is 3.10. The number of aryl methyl sites for hydroxylation is 2. The Kier molecular flexibility index (Phi) is 2.86. The van der Waals surface area contributed by atoms with Gasteiger partial charge in [0.15, 0.2) is 0 Å². The van der Waals surface area contributed by atoms with E-state index in [4.69, 9.17) is 0 Å². The quantitative estimate of drug-likeness (QED) is 0.743. The highest BCUT2D eigenvalue weighted by atomic mass is 16.2. The van der Waals surface area contributed by atoms with Crippen molar-refractivity contribution in [2.24, 2.45) is 0 Å². The summed E-state index contributed by atoms with van der Waals surface area (Å²) in [5.41, 5.74) is 2.89. The van der Waals surface area contributed by atoms with Crippen LogP contribution in [0.15, 0.2) is 6.07 Å². The molecule has 5 heteroatoms. The van der Waals surface area contributed by atoms with Crippen molar-refractivity contribution in [3.8, 4) is 6.07 Å². The Morgan fingerprint density at radius 1 is 1.37 bits per heavy atom. The van der Waals surface area contributed by atoms with Crippen molar-refractivity contribution in [3.05, 3.63) is 22.9 Å². The van der Waals surface area contributed by atoms with Crippen LogP contribution in [0.1, 0.15) is 23.2 Å². The van der Waals surface area contributed by atoms with E-state index in [2.05, 4.69) is 11.1 Å². The molecule has 1 amide bonds. The number of hydrogen-bond acceptors (Lipinski definition) is 4. The molecule has 0 atom stereocenters. The molecule has 2 heterocycles. The molecule has 0 bridgehead atoms. The predicted molar refractivity (Wildman–Crippen MR) is 70.8 cm³/mol. The van der Waals surface area contributed by atoms with Crippen LogP contribution in [-0.4, -0.2) is 42.5 Å². The van der Waals surface area contributed by atoms with E-state index < -0.39 is 0 Å². The van der Waals surface area contributed by atoms with Gasteiger partial charge in [-0.25, -0.2) is 4.98 Å². The summed E-state index contributed by atoms with van der Waals surface area (Å²) in [5.74, 6) is 0.766. The van der Waals surface area contributed by atoms with Gasteiger partial charge in [0.2, 0.25) is 5.91 Å². The van der Waals surface area contributed by atoms with Crippen LogP contribution in [0.25, 0.3) is 0 Å². The minimum absolute atomic E-state index is 0.0810. The van der Waals surface area contributed by atoms with Gasteiger partial charge in [0.05, 0.1) is 12.1 Å². The standard InChI is InChI=1S/C14H16N4O/c1-17-5-6-18(9-13(17)19)14-11(8-15)7-10-3-2-4-12(10)16-14/h7H,2-6,9H2,1H3. The van der Waals surface area contributed by atoms with Gasteiger partial charge < -0.3 is 9.80 Å². The van der Waals surface area contributed by atoms with Crippen LogP contribution >= 0.6 is 0 Å². The summed E-state index contributed by atoms with van der Waals surface area (Å²) in [7, 11) is 1.81. The third-order valence-corrected chi connectivity index (χ3v) is 3.91. The number of hydrogen-bond donors (Lipinski definition) is 0. The van der Waals surface area contributed by atoms with Crippen molar-refractivity contribution >= 4 is 11.7 Å². The lowest BCUT2D eigenvalue weighted by atomic mass is 10.1. The topological polar surface area (TPSA) is 60.2 Å². The molecule has 1 saturated heterocycles. The Bertz CT molecular complexity index is 576. The maximum absolute atomic E-state index is 11.8. The molecule has 3 rings (SSSR count). The lowest BCUT2D eigenvalue weighted by Gasteiger charge is -2.33. The van der Waals surface area contributed by atoms with Gasteiger partial charge in [0.1, 0.15) is 11.9 Å². The van der Waals surface area contributed by atoms with Crippen LogP contribution in [0.4, 0.5) is 5.82 Å². The molecule has 0 radical (unpaired) electrons. The lowest BCUT2D eigenvalue weighted by Crippen LogP contribution is -2.49. The van der Waals surface area contributed by atoms with Crippen LogP contribution in [0.2, 0.25) is 0 Å². The molecule has 1 aromatic heterocycles. The minimum Gasteiger partial charge on any atom is -0.344 e. The number of carbonyl (C=O) groups excluding carboxylic acids is 1. The molecule has 1 aromatic rings. The molecule has 1 fully saturated rings. The average Bonchev–Trinajstić information content (AvgIpc) is 2.87. The number of pyridine rings is 1. The van der Waals surface area contributed by atoms with E-state index in [1.54, 1.807) is 11.9 Å². The first-order valence-corrected chi connectivity index (χ1v) is 6.61. The molecular weight excluding hydrogens is 240 g/mol. The maximum Gasteiger partial charge on any atom is 0.241 e. The van der Waals surface area contributed by atoms with E-state index >= 15 is 0 Å². The Labute approximate surface area is 112 Å². The van der Waals surface area contributed by atoms with Crippen LogP contribution in [0.3, 0.4) is 0 Å². The summed E-state index contributed by atoms with van der Waals surface area (Å²) in [6, 6.07) is 4.17. The highest BCUT2D eigenvalue weighted by Crippen LogP contribution is 2.27. The summed E-state index contributed by atoms with van der Waals surface area (Å²) in [6.45, 7) is 1.74. The lowest BCUT2D eigenvalue weighted by molar-refractivity contribution is -0.129. The fourth-order valence-electron chi connectivity index (χ4n) is 2.72. The molecule has 5 nitrogen and oxygen atoms in total. The Morgan fingerprint density at radius 3 is 2.95 bits per heavy atom. The first-order valence-electron chi connectivity index (χ1n) is 6.61. The van der Waals surface area contributed by atoms with Crippen LogP contribution < -0.4 is 4.90 Å². The van der Waals surface area contributed by atoms with E-state index in [1.807, 2.05) is 11.0 Å². The van der Waals surface area contributed by atoms with Gasteiger partial charge in [0.25, 0.3) is 0 Å². The van der Waals surface area contributed by atoms with Gasteiger partial charge in [-0.15, -0.1) is 0 Å². The number of carbonyl (C=O) groups is 1. The van der Waals surface area contributed by atoms with Crippen molar-refractivity contribution in [1.82, 2.24) is 9.88 Å². The van der Waals surface area contributed by atoms with E-state index in [1.165, 1.54) is 5.56 Å². The molecule has 0 saturated carbocycles. The predicted octanol–water partition coefficient (Wildman–Crippen LogP) is 0.720. The number of nitrogens with zero attached hydrogens (tertiary/aromatic N) is 4. The summed E-state index contributed by atoms with van der Waals surface area (Å²) in [5, 5.41) is 9.29. The van der Waals surface area contributed by atoms with E-state index in [0.717, 1.165) is 31.5 Å².